The topological polar surface area (TPSA) is 72.2 Å². The summed E-state index contributed by atoms with van der Waals surface area (Å²) in [6, 6.07) is 8.08. The van der Waals surface area contributed by atoms with Gasteiger partial charge in [0.05, 0.1) is 10.9 Å². The maximum atomic E-state index is 12.2. The molecule has 0 saturated heterocycles. The summed E-state index contributed by atoms with van der Waals surface area (Å²) in [5.74, 6) is 0. The molecule has 0 aliphatic rings. The predicted molar refractivity (Wildman–Crippen MR) is 81.6 cm³/mol. The summed E-state index contributed by atoms with van der Waals surface area (Å²) in [6.07, 6.45) is 0. The van der Waals surface area contributed by atoms with Gasteiger partial charge in [0.2, 0.25) is 10.0 Å². The quantitative estimate of drug-likeness (QED) is 0.822. The summed E-state index contributed by atoms with van der Waals surface area (Å²) < 4.78 is 27.7. The first-order valence-corrected chi connectivity index (χ1v) is 8.66. The Labute approximate surface area is 124 Å². The molecule has 7 heteroatoms. The van der Waals surface area contributed by atoms with Crippen LogP contribution in [-0.4, -0.2) is 8.42 Å². The first-order chi connectivity index (χ1) is 8.90. The lowest BCUT2D eigenvalue weighted by molar-refractivity contribution is 0.568. The van der Waals surface area contributed by atoms with Gasteiger partial charge >= 0.3 is 0 Å². The average molecular weight is 361 g/mol. The second-order valence-electron chi connectivity index (χ2n) is 4.04. The monoisotopic (exact) mass is 360 g/mol. The molecule has 0 fully saturated rings. The number of nitrogen functional groups attached to an aromatic ring is 1. The Morgan fingerprint density at radius 1 is 1.37 bits per heavy atom. The first kappa shape index (κ1) is 14.5. The fourth-order valence-electron chi connectivity index (χ4n) is 1.57. The molecule has 1 heterocycles. The number of anilines is 1. The molecule has 0 saturated carbocycles. The van der Waals surface area contributed by atoms with Crippen molar-refractivity contribution in [3.63, 3.8) is 0 Å². The van der Waals surface area contributed by atoms with Crippen molar-refractivity contribution in [1.82, 2.24) is 4.72 Å². The molecule has 0 spiro atoms. The van der Waals surface area contributed by atoms with Gasteiger partial charge in [0.15, 0.2) is 0 Å². The number of hydrogen-bond donors (Lipinski definition) is 2. The SMILES string of the molecule is CC(NS(=O)(=O)c1ccc(N)c(Br)c1)c1cccs1. The van der Waals surface area contributed by atoms with E-state index in [9.17, 15) is 8.42 Å². The number of nitrogens with two attached hydrogens (primary N) is 1. The summed E-state index contributed by atoms with van der Waals surface area (Å²) in [6.45, 7) is 1.82. The summed E-state index contributed by atoms with van der Waals surface area (Å²) in [5, 5.41) is 1.92. The van der Waals surface area contributed by atoms with Crippen molar-refractivity contribution in [1.29, 1.82) is 0 Å². The van der Waals surface area contributed by atoms with Crippen LogP contribution in [0.1, 0.15) is 17.8 Å². The average Bonchev–Trinajstić information content (AvgIpc) is 2.85. The van der Waals surface area contributed by atoms with Gasteiger partial charge in [0.25, 0.3) is 0 Å². The molecule has 0 aliphatic heterocycles. The third kappa shape index (κ3) is 3.36. The zero-order valence-corrected chi connectivity index (χ0v) is 13.3. The second kappa shape index (κ2) is 5.62. The van der Waals surface area contributed by atoms with Gasteiger partial charge in [0.1, 0.15) is 0 Å². The van der Waals surface area contributed by atoms with Gasteiger partial charge in [-0.3, -0.25) is 0 Å². The van der Waals surface area contributed by atoms with E-state index in [2.05, 4.69) is 20.7 Å². The van der Waals surface area contributed by atoms with Gasteiger partial charge in [0, 0.05) is 15.0 Å². The van der Waals surface area contributed by atoms with Crippen molar-refractivity contribution in [2.45, 2.75) is 17.9 Å². The largest absolute Gasteiger partial charge is 0.398 e. The Morgan fingerprint density at radius 2 is 2.11 bits per heavy atom. The van der Waals surface area contributed by atoms with Gasteiger partial charge in [-0.1, -0.05) is 6.07 Å². The molecule has 0 radical (unpaired) electrons. The Morgan fingerprint density at radius 3 is 2.68 bits per heavy atom. The lowest BCUT2D eigenvalue weighted by Gasteiger charge is -2.13. The molecule has 1 aromatic heterocycles. The highest BCUT2D eigenvalue weighted by molar-refractivity contribution is 9.10. The Balaban J connectivity index is 2.25. The van der Waals surface area contributed by atoms with Crippen LogP contribution in [0, 0.1) is 0 Å². The van der Waals surface area contributed by atoms with E-state index in [0.29, 0.717) is 10.2 Å². The molecule has 1 aromatic carbocycles. The zero-order valence-electron chi connectivity index (χ0n) is 10.1. The molecule has 0 amide bonds. The fourth-order valence-corrected chi connectivity index (χ4v) is 4.16. The van der Waals surface area contributed by atoms with Crippen LogP contribution in [0.25, 0.3) is 0 Å². The Kier molecular flexibility index (Phi) is 4.29. The minimum absolute atomic E-state index is 0.192. The molecule has 1 unspecified atom stereocenters. The summed E-state index contributed by atoms with van der Waals surface area (Å²) >= 11 is 4.74. The van der Waals surface area contributed by atoms with Crippen LogP contribution < -0.4 is 10.5 Å². The van der Waals surface area contributed by atoms with E-state index in [-0.39, 0.29) is 10.9 Å². The van der Waals surface area contributed by atoms with Crippen LogP contribution in [0.4, 0.5) is 5.69 Å². The van der Waals surface area contributed by atoms with Gasteiger partial charge in [-0.05, 0) is 52.5 Å². The summed E-state index contributed by atoms with van der Waals surface area (Å²) in [7, 11) is -3.55. The van der Waals surface area contributed by atoms with Crippen LogP contribution in [-0.2, 0) is 10.0 Å². The minimum Gasteiger partial charge on any atom is -0.398 e. The van der Waals surface area contributed by atoms with E-state index in [1.165, 1.54) is 23.5 Å². The highest BCUT2D eigenvalue weighted by Gasteiger charge is 2.19. The molecule has 1 atom stereocenters. The van der Waals surface area contributed by atoms with Crippen LogP contribution in [0.15, 0.2) is 45.1 Å². The highest BCUT2D eigenvalue weighted by Crippen LogP contribution is 2.25. The Hall–Kier alpha value is -0.890. The van der Waals surface area contributed by atoms with Crippen molar-refractivity contribution in [3.8, 4) is 0 Å². The van der Waals surface area contributed by atoms with Crippen LogP contribution in [0.5, 0.6) is 0 Å². The first-order valence-electron chi connectivity index (χ1n) is 5.51. The van der Waals surface area contributed by atoms with Crippen molar-refractivity contribution in [2.75, 3.05) is 5.73 Å². The molecule has 2 aromatic rings. The van der Waals surface area contributed by atoms with Gasteiger partial charge < -0.3 is 5.73 Å². The third-order valence-corrected chi connectivity index (χ3v) is 5.86. The number of nitrogens with one attached hydrogen (secondary N) is 1. The van der Waals surface area contributed by atoms with Crippen LogP contribution >= 0.6 is 27.3 Å². The number of benzene rings is 1. The molecule has 0 bridgehead atoms. The van der Waals surface area contributed by atoms with Gasteiger partial charge in [-0.25, -0.2) is 13.1 Å². The summed E-state index contributed by atoms with van der Waals surface area (Å²) in [5.41, 5.74) is 6.15. The highest BCUT2D eigenvalue weighted by atomic mass is 79.9. The molecule has 102 valence electrons. The lowest BCUT2D eigenvalue weighted by atomic mass is 10.3. The van der Waals surface area contributed by atoms with Crippen LogP contribution in [0.2, 0.25) is 0 Å². The molecule has 2 rings (SSSR count). The minimum atomic E-state index is -3.55. The normalized spacial score (nSPS) is 13.4. The third-order valence-electron chi connectivity index (χ3n) is 2.58. The number of rotatable bonds is 4. The molecule has 3 N–H and O–H groups in total. The van der Waals surface area contributed by atoms with E-state index in [1.807, 2.05) is 24.4 Å². The van der Waals surface area contributed by atoms with E-state index in [0.717, 1.165) is 4.88 Å². The van der Waals surface area contributed by atoms with Crippen molar-refractivity contribution < 1.29 is 8.42 Å². The fraction of sp³-hybridized carbons (Fsp3) is 0.167. The molecule has 19 heavy (non-hydrogen) atoms. The van der Waals surface area contributed by atoms with E-state index < -0.39 is 10.0 Å². The second-order valence-corrected chi connectivity index (χ2v) is 7.59. The predicted octanol–water partition coefficient (Wildman–Crippen LogP) is 3.13. The zero-order chi connectivity index (χ0) is 14.0. The van der Waals surface area contributed by atoms with E-state index in [4.69, 9.17) is 5.73 Å². The number of hydrogen-bond acceptors (Lipinski definition) is 4. The van der Waals surface area contributed by atoms with Gasteiger partial charge in [-0.2, -0.15) is 0 Å². The standard InChI is InChI=1S/C12H13BrN2O2S2/c1-8(12-3-2-6-18-12)15-19(16,17)9-4-5-11(14)10(13)7-9/h2-8,15H,14H2,1H3. The van der Waals surface area contributed by atoms with Gasteiger partial charge in [-0.15, -0.1) is 11.3 Å². The van der Waals surface area contributed by atoms with Crippen molar-refractivity contribution in [2.24, 2.45) is 0 Å². The molecular weight excluding hydrogens is 348 g/mol. The lowest BCUT2D eigenvalue weighted by Crippen LogP contribution is -2.26. The van der Waals surface area contributed by atoms with E-state index in [1.54, 1.807) is 6.07 Å². The smallest absolute Gasteiger partial charge is 0.241 e. The van der Waals surface area contributed by atoms with Crippen molar-refractivity contribution in [3.05, 3.63) is 45.1 Å². The van der Waals surface area contributed by atoms with Crippen LogP contribution in [0.3, 0.4) is 0 Å². The summed E-state index contributed by atoms with van der Waals surface area (Å²) in [4.78, 5) is 1.16. The molecule has 4 nitrogen and oxygen atoms in total. The maximum absolute atomic E-state index is 12.2. The number of halogens is 1. The Bertz CT molecular complexity index is 669. The number of thiophene rings is 1. The molecule has 0 aliphatic carbocycles. The number of sulfonamides is 1. The van der Waals surface area contributed by atoms with Crippen molar-refractivity contribution >= 4 is 43.0 Å². The molecular formula is C12H13BrN2O2S2. The maximum Gasteiger partial charge on any atom is 0.241 e. The van der Waals surface area contributed by atoms with E-state index >= 15 is 0 Å².